The number of carbonyl (C=O) groups excluding carboxylic acids is 2. The molecule has 0 bridgehead atoms. The molecule has 1 atom stereocenters. The van der Waals surface area contributed by atoms with Gasteiger partial charge in [0.1, 0.15) is 13.2 Å². The number of carbonyl (C=O) groups is 2. The van der Waals surface area contributed by atoms with Crippen LogP contribution in [0.1, 0.15) is 75.8 Å². The number of rotatable bonds is 9. The van der Waals surface area contributed by atoms with E-state index in [0.717, 1.165) is 30.0 Å². The van der Waals surface area contributed by atoms with E-state index >= 15 is 0 Å². The Balaban J connectivity index is 0.000000342. The van der Waals surface area contributed by atoms with Crippen molar-refractivity contribution in [1.29, 1.82) is 0 Å². The first-order valence-corrected chi connectivity index (χ1v) is 12.7. The van der Waals surface area contributed by atoms with E-state index in [-0.39, 0.29) is 19.5 Å². The van der Waals surface area contributed by atoms with E-state index in [2.05, 4.69) is 4.90 Å². The van der Waals surface area contributed by atoms with Crippen molar-refractivity contribution in [2.24, 2.45) is 5.73 Å². The van der Waals surface area contributed by atoms with Gasteiger partial charge >= 0.3 is 0 Å². The lowest BCUT2D eigenvalue weighted by Crippen LogP contribution is -2.22. The highest BCUT2D eigenvalue weighted by Crippen LogP contribution is 2.33. The van der Waals surface area contributed by atoms with E-state index in [0.29, 0.717) is 31.6 Å². The Labute approximate surface area is 210 Å². The Morgan fingerprint density at radius 1 is 1.00 bits per heavy atom. The van der Waals surface area contributed by atoms with Gasteiger partial charge in [-0.3, -0.25) is 9.59 Å². The van der Waals surface area contributed by atoms with Crippen LogP contribution in [0.3, 0.4) is 0 Å². The Morgan fingerprint density at radius 2 is 1.66 bits per heavy atom. The average Bonchev–Trinajstić information content (AvgIpc) is 3.42. The summed E-state index contributed by atoms with van der Waals surface area (Å²) in [7, 11) is 0. The van der Waals surface area contributed by atoms with Crippen LogP contribution in [-0.2, 0) is 4.79 Å². The molecule has 2 heterocycles. The number of fused-ring (bicyclic) bond motifs is 1. The summed E-state index contributed by atoms with van der Waals surface area (Å²) in [6.07, 6.45) is 4.13. The van der Waals surface area contributed by atoms with E-state index in [4.69, 9.17) is 15.2 Å². The fraction of sp³-hybridized carbons (Fsp3) is 0.500. The number of hydrogen-bond donors (Lipinski definition) is 2. The molecule has 1 fully saturated rings. The number of aliphatic hydroxyl groups excluding tert-OH is 1. The van der Waals surface area contributed by atoms with Crippen molar-refractivity contribution >= 4 is 11.7 Å². The number of Topliss-reactive ketones (excluding diaryl/α,β-unsaturated/α-hetero) is 1. The lowest BCUT2D eigenvalue weighted by Gasteiger charge is -2.21. The largest absolute Gasteiger partial charge is 0.486 e. The van der Waals surface area contributed by atoms with Gasteiger partial charge in [-0.2, -0.15) is 0 Å². The molecule has 0 radical (unpaired) electrons. The van der Waals surface area contributed by atoms with Crippen LogP contribution >= 0.6 is 0 Å². The number of hydrogen-bond acceptors (Lipinski definition) is 6. The highest BCUT2D eigenvalue weighted by molar-refractivity contribution is 5.96. The van der Waals surface area contributed by atoms with Crippen LogP contribution in [0.2, 0.25) is 0 Å². The second-order valence-electron chi connectivity index (χ2n) is 8.37. The molecule has 7 heteroatoms. The maximum Gasteiger partial charge on any atom is 0.217 e. The zero-order valence-corrected chi connectivity index (χ0v) is 21.1. The molecule has 0 saturated carbocycles. The molecule has 4 rings (SSSR count). The summed E-state index contributed by atoms with van der Waals surface area (Å²) in [4.78, 5) is 24.3. The Bertz CT molecular complexity index is 904. The maximum atomic E-state index is 11.5. The molecule has 0 aliphatic carbocycles. The third-order valence-electron chi connectivity index (χ3n) is 5.79. The summed E-state index contributed by atoms with van der Waals surface area (Å²) >= 11 is 0. The van der Waals surface area contributed by atoms with Gasteiger partial charge in [0.2, 0.25) is 5.91 Å². The Hall–Kier alpha value is -2.90. The van der Waals surface area contributed by atoms with E-state index < -0.39 is 6.10 Å². The molecule has 2 aromatic carbocycles. The van der Waals surface area contributed by atoms with Gasteiger partial charge in [0.15, 0.2) is 17.3 Å². The normalized spacial score (nSPS) is 15.2. The minimum Gasteiger partial charge on any atom is -0.486 e. The van der Waals surface area contributed by atoms with E-state index in [1.54, 1.807) is 12.1 Å². The Morgan fingerprint density at radius 3 is 2.31 bits per heavy atom. The van der Waals surface area contributed by atoms with Crippen molar-refractivity contribution in [1.82, 2.24) is 4.90 Å². The number of amides is 1. The van der Waals surface area contributed by atoms with Crippen molar-refractivity contribution in [3.05, 3.63) is 59.7 Å². The second-order valence-corrected chi connectivity index (χ2v) is 8.37. The summed E-state index contributed by atoms with van der Waals surface area (Å²) in [5.41, 5.74) is 6.58. The van der Waals surface area contributed by atoms with Crippen molar-refractivity contribution in [3.8, 4) is 11.5 Å². The monoisotopic (exact) mass is 486 g/mol. The number of aliphatic hydroxyl groups is 1. The zero-order chi connectivity index (χ0) is 25.5. The third-order valence-corrected chi connectivity index (χ3v) is 5.79. The first-order chi connectivity index (χ1) is 17.0. The maximum absolute atomic E-state index is 11.5. The van der Waals surface area contributed by atoms with Gasteiger partial charge in [0.05, 0.1) is 6.10 Å². The predicted molar refractivity (Wildman–Crippen MR) is 140 cm³/mol. The first kappa shape index (κ1) is 28.3. The van der Waals surface area contributed by atoms with Gasteiger partial charge < -0.3 is 25.2 Å². The number of nitrogens with two attached hydrogens (primary N) is 1. The lowest BCUT2D eigenvalue weighted by molar-refractivity contribution is -0.118. The second kappa shape index (κ2) is 15.9. The van der Waals surface area contributed by atoms with Gasteiger partial charge in [0.25, 0.3) is 0 Å². The molecule has 7 nitrogen and oxygen atoms in total. The SMILES string of the molecule is CC.NC(=O)CCCC(=O)c1ccccc1.O[C@@H](CCN1CCCC1)c1ccc2c(c1)OCCO2.[HH]. The van der Waals surface area contributed by atoms with Crippen molar-refractivity contribution in [3.63, 3.8) is 0 Å². The number of nitrogens with zero attached hydrogens (tertiary/aromatic N) is 1. The van der Waals surface area contributed by atoms with Crippen LogP contribution in [0.4, 0.5) is 0 Å². The van der Waals surface area contributed by atoms with Crippen molar-refractivity contribution in [2.75, 3.05) is 32.8 Å². The van der Waals surface area contributed by atoms with Gasteiger partial charge in [-0.25, -0.2) is 0 Å². The molecule has 2 aromatic rings. The molecule has 1 amide bonds. The van der Waals surface area contributed by atoms with Crippen LogP contribution in [0, 0.1) is 0 Å². The van der Waals surface area contributed by atoms with Gasteiger partial charge in [0, 0.05) is 26.4 Å². The van der Waals surface area contributed by atoms with E-state index in [9.17, 15) is 14.7 Å². The number of ketones is 1. The molecule has 1 saturated heterocycles. The number of ether oxygens (including phenoxy) is 2. The van der Waals surface area contributed by atoms with Crippen LogP contribution < -0.4 is 15.2 Å². The molecule has 194 valence electrons. The van der Waals surface area contributed by atoms with E-state index in [1.165, 1.54) is 25.9 Å². The fourth-order valence-corrected chi connectivity index (χ4v) is 3.94. The summed E-state index contributed by atoms with van der Waals surface area (Å²) in [5, 5.41) is 10.3. The van der Waals surface area contributed by atoms with Crippen LogP contribution in [-0.4, -0.2) is 54.5 Å². The quantitative estimate of drug-likeness (QED) is 0.495. The predicted octanol–water partition coefficient (Wildman–Crippen LogP) is 4.77. The van der Waals surface area contributed by atoms with Crippen LogP contribution in [0.5, 0.6) is 11.5 Å². The van der Waals surface area contributed by atoms with E-state index in [1.807, 2.05) is 50.2 Å². The molecule has 3 N–H and O–H groups in total. The molecule has 0 unspecified atom stereocenters. The van der Waals surface area contributed by atoms with Gasteiger partial charge in [-0.05, 0) is 56.5 Å². The standard InChI is InChI=1S/C15H21NO3.C11H13NO2.C2H6.H2/c17-13(5-8-16-6-1-2-7-16)12-3-4-14-15(11-12)19-10-9-18-14;12-11(14)8-4-7-10(13)9-5-2-1-3-6-9;1-2;/h3-4,11,13,17H,1-2,5-10H2;1-3,5-6H,4,7-8H2,(H2,12,14);1-2H3;1H/t13-;;;/m0.../s1. The molecule has 0 aromatic heterocycles. The smallest absolute Gasteiger partial charge is 0.217 e. The minimum absolute atomic E-state index is 0. The molecule has 2 aliphatic rings. The third kappa shape index (κ3) is 10.1. The number of primary amides is 1. The molecular formula is C28H42N2O5. The summed E-state index contributed by atoms with van der Waals surface area (Å²) < 4.78 is 11.0. The minimum atomic E-state index is -0.420. The molecule has 0 spiro atoms. The average molecular weight is 487 g/mol. The lowest BCUT2D eigenvalue weighted by atomic mass is 10.1. The summed E-state index contributed by atoms with van der Waals surface area (Å²) in [6, 6.07) is 14.8. The van der Waals surface area contributed by atoms with Gasteiger partial charge in [-0.15, -0.1) is 0 Å². The van der Waals surface area contributed by atoms with Crippen molar-refractivity contribution < 1.29 is 25.6 Å². The molecular weight excluding hydrogens is 444 g/mol. The van der Waals surface area contributed by atoms with Crippen LogP contribution in [0.25, 0.3) is 0 Å². The topological polar surface area (TPSA) is 102 Å². The summed E-state index contributed by atoms with van der Waals surface area (Å²) in [6.45, 7) is 8.50. The van der Waals surface area contributed by atoms with Crippen molar-refractivity contribution in [2.45, 2.75) is 58.5 Å². The van der Waals surface area contributed by atoms with Crippen LogP contribution in [0.15, 0.2) is 48.5 Å². The fourth-order valence-electron chi connectivity index (χ4n) is 3.94. The highest BCUT2D eigenvalue weighted by atomic mass is 16.6. The highest BCUT2D eigenvalue weighted by Gasteiger charge is 2.17. The zero-order valence-electron chi connectivity index (χ0n) is 21.1. The molecule has 35 heavy (non-hydrogen) atoms. The summed E-state index contributed by atoms with van der Waals surface area (Å²) in [5.74, 6) is 1.24. The Kier molecular flexibility index (Phi) is 12.9. The molecule has 2 aliphatic heterocycles. The number of benzene rings is 2. The van der Waals surface area contributed by atoms with Gasteiger partial charge in [-0.1, -0.05) is 50.2 Å². The number of likely N-dealkylation sites (tertiary alicyclic amines) is 1. The first-order valence-electron chi connectivity index (χ1n) is 12.7.